The molecule has 0 bridgehead atoms. The Balaban J connectivity index is 1.56. The maximum Gasteiger partial charge on any atom is 0.225 e. The van der Waals surface area contributed by atoms with Crippen LogP contribution in [0.1, 0.15) is 36.3 Å². The van der Waals surface area contributed by atoms with Crippen molar-refractivity contribution >= 4 is 5.91 Å². The molecule has 0 saturated carbocycles. The monoisotopic (exact) mass is 310 g/mol. The van der Waals surface area contributed by atoms with Crippen LogP contribution in [0.15, 0.2) is 24.3 Å². The van der Waals surface area contributed by atoms with Crippen molar-refractivity contribution in [1.82, 2.24) is 9.80 Å². The fourth-order valence-electron chi connectivity index (χ4n) is 3.98. The van der Waals surface area contributed by atoms with Crippen molar-refractivity contribution in [2.24, 2.45) is 5.92 Å². The molecule has 1 aromatic rings. The van der Waals surface area contributed by atoms with Crippen LogP contribution < -0.4 is 0 Å². The van der Waals surface area contributed by atoms with E-state index in [-0.39, 0.29) is 5.92 Å². The summed E-state index contributed by atoms with van der Waals surface area (Å²) in [5, 5.41) is 0. The van der Waals surface area contributed by atoms with Crippen LogP contribution in [0.25, 0.3) is 0 Å². The van der Waals surface area contributed by atoms with Gasteiger partial charge in [-0.05, 0) is 50.4 Å². The predicted octanol–water partition coefficient (Wildman–Crippen LogP) is 2.66. The van der Waals surface area contributed by atoms with Gasteiger partial charge in [-0.15, -0.1) is 6.42 Å². The quantitative estimate of drug-likeness (QED) is 0.801. The summed E-state index contributed by atoms with van der Waals surface area (Å²) in [6, 6.07) is 8.57. The van der Waals surface area contributed by atoms with Gasteiger partial charge in [-0.1, -0.05) is 30.2 Å². The van der Waals surface area contributed by atoms with E-state index in [1.807, 2.05) is 0 Å². The third kappa shape index (κ3) is 3.59. The molecule has 3 nitrogen and oxygen atoms in total. The third-order valence-electron chi connectivity index (χ3n) is 5.38. The number of aryl methyl sites for hydroxylation is 1. The van der Waals surface area contributed by atoms with E-state index in [2.05, 4.69) is 46.9 Å². The Kier molecular flexibility index (Phi) is 5.03. The average Bonchev–Trinajstić information content (AvgIpc) is 3.05. The molecule has 2 heterocycles. The zero-order chi connectivity index (χ0) is 16.2. The predicted molar refractivity (Wildman–Crippen MR) is 93.1 cm³/mol. The normalized spacial score (nSPS) is 23.0. The van der Waals surface area contributed by atoms with Crippen molar-refractivity contribution < 1.29 is 4.79 Å². The van der Waals surface area contributed by atoms with Gasteiger partial charge in [0.25, 0.3) is 0 Å². The Morgan fingerprint density at radius 3 is 2.65 bits per heavy atom. The number of piperidine rings is 1. The second-order valence-corrected chi connectivity index (χ2v) is 6.88. The van der Waals surface area contributed by atoms with Gasteiger partial charge in [-0.2, -0.15) is 0 Å². The molecular weight excluding hydrogens is 284 g/mol. The lowest BCUT2D eigenvalue weighted by molar-refractivity contribution is -0.135. The van der Waals surface area contributed by atoms with Gasteiger partial charge in [-0.3, -0.25) is 9.69 Å². The van der Waals surface area contributed by atoms with E-state index in [1.54, 1.807) is 0 Å². The van der Waals surface area contributed by atoms with Gasteiger partial charge in [0.2, 0.25) is 5.91 Å². The summed E-state index contributed by atoms with van der Waals surface area (Å²) < 4.78 is 0. The fourth-order valence-corrected chi connectivity index (χ4v) is 3.98. The number of carbonyl (C=O) groups excluding carboxylic acids is 1. The van der Waals surface area contributed by atoms with Crippen molar-refractivity contribution in [3.63, 3.8) is 0 Å². The SMILES string of the molecule is C#CCN1CCC(C(=O)N2CC[C@H](c3ccccc3C)C2)CC1. The minimum Gasteiger partial charge on any atom is -0.342 e. The second kappa shape index (κ2) is 7.19. The number of amides is 1. The van der Waals surface area contributed by atoms with E-state index >= 15 is 0 Å². The van der Waals surface area contributed by atoms with E-state index in [0.29, 0.717) is 18.4 Å². The number of hydrogen-bond acceptors (Lipinski definition) is 2. The third-order valence-corrected chi connectivity index (χ3v) is 5.38. The van der Waals surface area contributed by atoms with Crippen molar-refractivity contribution in [3.8, 4) is 12.3 Å². The Labute approximate surface area is 139 Å². The molecule has 1 atom stereocenters. The lowest BCUT2D eigenvalue weighted by Gasteiger charge is -2.32. The number of carbonyl (C=O) groups is 1. The molecule has 122 valence electrons. The molecule has 2 aliphatic rings. The lowest BCUT2D eigenvalue weighted by Crippen LogP contribution is -2.41. The highest BCUT2D eigenvalue weighted by molar-refractivity contribution is 5.79. The van der Waals surface area contributed by atoms with Crippen LogP contribution in [0, 0.1) is 25.2 Å². The highest BCUT2D eigenvalue weighted by Gasteiger charge is 2.33. The Bertz CT molecular complexity index is 596. The average molecular weight is 310 g/mol. The molecular formula is C20H26N2O. The van der Waals surface area contributed by atoms with Crippen molar-refractivity contribution in [1.29, 1.82) is 0 Å². The highest BCUT2D eigenvalue weighted by Crippen LogP contribution is 2.31. The molecule has 2 fully saturated rings. The van der Waals surface area contributed by atoms with E-state index in [9.17, 15) is 4.79 Å². The van der Waals surface area contributed by atoms with Gasteiger partial charge < -0.3 is 4.90 Å². The maximum absolute atomic E-state index is 12.8. The molecule has 1 aromatic carbocycles. The number of benzene rings is 1. The first-order valence-electron chi connectivity index (χ1n) is 8.69. The summed E-state index contributed by atoms with van der Waals surface area (Å²) in [5.74, 6) is 3.75. The van der Waals surface area contributed by atoms with Crippen LogP contribution in [0.3, 0.4) is 0 Å². The standard InChI is InChI=1S/C20H26N2O/c1-3-11-21-12-8-17(9-13-21)20(23)22-14-10-18(15-22)19-7-5-4-6-16(19)2/h1,4-7,17-18H,8-15H2,2H3/t18-/m0/s1. The van der Waals surface area contributed by atoms with Crippen molar-refractivity contribution in [2.45, 2.75) is 32.1 Å². The second-order valence-electron chi connectivity index (χ2n) is 6.88. The van der Waals surface area contributed by atoms with E-state index in [4.69, 9.17) is 6.42 Å². The first kappa shape index (κ1) is 16.1. The number of hydrogen-bond donors (Lipinski definition) is 0. The van der Waals surface area contributed by atoms with Gasteiger partial charge in [0.15, 0.2) is 0 Å². The first-order valence-corrected chi connectivity index (χ1v) is 8.69. The van der Waals surface area contributed by atoms with Crippen LogP contribution in [0.2, 0.25) is 0 Å². The molecule has 23 heavy (non-hydrogen) atoms. The summed E-state index contributed by atoms with van der Waals surface area (Å²) in [5.41, 5.74) is 2.75. The first-order chi connectivity index (χ1) is 11.2. The van der Waals surface area contributed by atoms with Crippen LogP contribution >= 0.6 is 0 Å². The summed E-state index contributed by atoms with van der Waals surface area (Å²) in [4.78, 5) is 17.2. The molecule has 0 aliphatic carbocycles. The molecule has 1 amide bonds. The van der Waals surface area contributed by atoms with Crippen LogP contribution in [0.4, 0.5) is 0 Å². The van der Waals surface area contributed by atoms with Crippen molar-refractivity contribution in [3.05, 3.63) is 35.4 Å². The molecule has 3 heteroatoms. The summed E-state index contributed by atoms with van der Waals surface area (Å²) in [6.07, 6.45) is 8.36. The number of likely N-dealkylation sites (tertiary alicyclic amines) is 2. The number of nitrogens with zero attached hydrogens (tertiary/aromatic N) is 2. The highest BCUT2D eigenvalue weighted by atomic mass is 16.2. The van der Waals surface area contributed by atoms with Crippen LogP contribution in [-0.2, 0) is 4.79 Å². The summed E-state index contributed by atoms with van der Waals surface area (Å²) in [7, 11) is 0. The van der Waals surface area contributed by atoms with E-state index in [1.165, 1.54) is 11.1 Å². The van der Waals surface area contributed by atoms with Gasteiger partial charge in [0, 0.05) is 24.9 Å². The largest absolute Gasteiger partial charge is 0.342 e. The van der Waals surface area contributed by atoms with Crippen LogP contribution in [-0.4, -0.2) is 48.4 Å². The zero-order valence-corrected chi connectivity index (χ0v) is 14.0. The molecule has 3 rings (SSSR count). The molecule has 2 saturated heterocycles. The minimum absolute atomic E-state index is 0.194. The number of terminal acetylenes is 1. The summed E-state index contributed by atoms with van der Waals surface area (Å²) >= 11 is 0. The molecule has 0 radical (unpaired) electrons. The Morgan fingerprint density at radius 2 is 1.96 bits per heavy atom. The van der Waals surface area contributed by atoms with Gasteiger partial charge in [0.1, 0.15) is 0 Å². The molecule has 2 aliphatic heterocycles. The Morgan fingerprint density at radius 1 is 1.22 bits per heavy atom. The zero-order valence-electron chi connectivity index (χ0n) is 14.0. The van der Waals surface area contributed by atoms with Crippen molar-refractivity contribution in [2.75, 3.05) is 32.7 Å². The van der Waals surface area contributed by atoms with Gasteiger partial charge in [0.05, 0.1) is 6.54 Å². The van der Waals surface area contributed by atoms with E-state index < -0.39 is 0 Å². The Hall–Kier alpha value is -1.79. The van der Waals surface area contributed by atoms with Gasteiger partial charge in [-0.25, -0.2) is 0 Å². The fraction of sp³-hybridized carbons (Fsp3) is 0.550. The molecule has 0 spiro atoms. The number of rotatable bonds is 3. The molecule has 0 unspecified atom stereocenters. The maximum atomic E-state index is 12.8. The lowest BCUT2D eigenvalue weighted by atomic mass is 9.94. The minimum atomic E-state index is 0.194. The topological polar surface area (TPSA) is 23.6 Å². The van der Waals surface area contributed by atoms with Crippen LogP contribution in [0.5, 0.6) is 0 Å². The molecule has 0 N–H and O–H groups in total. The smallest absolute Gasteiger partial charge is 0.225 e. The van der Waals surface area contributed by atoms with Gasteiger partial charge >= 0.3 is 0 Å². The summed E-state index contributed by atoms with van der Waals surface area (Å²) in [6.45, 7) is 6.57. The van der Waals surface area contributed by atoms with E-state index in [0.717, 1.165) is 45.4 Å². The molecule has 0 aromatic heterocycles.